The number of pyridine rings is 1. The van der Waals surface area contributed by atoms with Gasteiger partial charge < -0.3 is 9.80 Å². The van der Waals surface area contributed by atoms with Crippen molar-refractivity contribution in [2.75, 3.05) is 31.9 Å². The third-order valence-electron chi connectivity index (χ3n) is 4.46. The lowest BCUT2D eigenvalue weighted by molar-refractivity contribution is -0.137. The average molecular weight is 387 g/mol. The standard InChI is InChI=1S/C20H22FN3O2S/c21-17-6-4-16(5-7-17)13-19(25)23-9-11-24(12-10-23)20(26)15-27-14-18-3-1-2-8-22-18/h1-8H,9-15H2. The van der Waals surface area contributed by atoms with Gasteiger partial charge in [0, 0.05) is 38.1 Å². The highest BCUT2D eigenvalue weighted by atomic mass is 32.2. The van der Waals surface area contributed by atoms with Gasteiger partial charge in [0.2, 0.25) is 11.8 Å². The van der Waals surface area contributed by atoms with E-state index in [0.29, 0.717) is 37.7 Å². The van der Waals surface area contributed by atoms with Gasteiger partial charge >= 0.3 is 0 Å². The number of piperazine rings is 1. The van der Waals surface area contributed by atoms with Crippen molar-refractivity contribution in [1.82, 2.24) is 14.8 Å². The van der Waals surface area contributed by atoms with Crippen molar-refractivity contribution in [3.63, 3.8) is 0 Å². The number of carbonyl (C=O) groups is 2. The summed E-state index contributed by atoms with van der Waals surface area (Å²) in [5, 5.41) is 0. The molecule has 1 aromatic heterocycles. The summed E-state index contributed by atoms with van der Waals surface area (Å²) in [6, 6.07) is 11.7. The minimum absolute atomic E-state index is 0.0123. The van der Waals surface area contributed by atoms with Crippen LogP contribution >= 0.6 is 11.8 Å². The quantitative estimate of drug-likeness (QED) is 0.764. The Morgan fingerprint density at radius 1 is 0.963 bits per heavy atom. The topological polar surface area (TPSA) is 53.5 Å². The maximum atomic E-state index is 12.9. The predicted molar refractivity (Wildman–Crippen MR) is 104 cm³/mol. The first-order valence-corrected chi connectivity index (χ1v) is 10.0. The molecule has 27 heavy (non-hydrogen) atoms. The van der Waals surface area contributed by atoms with Crippen molar-refractivity contribution in [2.24, 2.45) is 0 Å². The number of rotatable bonds is 6. The van der Waals surface area contributed by atoms with Crippen LogP contribution in [0.5, 0.6) is 0 Å². The van der Waals surface area contributed by atoms with E-state index >= 15 is 0 Å². The van der Waals surface area contributed by atoms with Crippen molar-refractivity contribution in [2.45, 2.75) is 12.2 Å². The number of benzene rings is 1. The molecule has 1 fully saturated rings. The summed E-state index contributed by atoms with van der Waals surface area (Å²) >= 11 is 1.55. The Hall–Kier alpha value is -2.41. The van der Waals surface area contributed by atoms with Gasteiger partial charge in [-0.05, 0) is 29.8 Å². The van der Waals surface area contributed by atoms with Gasteiger partial charge in [0.1, 0.15) is 5.82 Å². The predicted octanol–water partition coefficient (Wildman–Crippen LogP) is 2.37. The molecular weight excluding hydrogens is 365 g/mol. The molecule has 0 atom stereocenters. The summed E-state index contributed by atoms with van der Waals surface area (Å²) in [4.78, 5) is 32.5. The highest BCUT2D eigenvalue weighted by Gasteiger charge is 2.24. The monoisotopic (exact) mass is 387 g/mol. The summed E-state index contributed by atoms with van der Waals surface area (Å²) in [5.74, 6) is 0.932. The third kappa shape index (κ3) is 5.79. The first-order valence-electron chi connectivity index (χ1n) is 8.89. The van der Waals surface area contributed by atoms with Crippen molar-refractivity contribution in [1.29, 1.82) is 0 Å². The van der Waals surface area contributed by atoms with Crippen LogP contribution in [0, 0.1) is 5.82 Å². The molecule has 142 valence electrons. The highest BCUT2D eigenvalue weighted by molar-refractivity contribution is 7.99. The molecule has 0 N–H and O–H groups in total. The zero-order valence-corrected chi connectivity index (χ0v) is 15.8. The molecule has 0 spiro atoms. The Balaban J connectivity index is 1.39. The van der Waals surface area contributed by atoms with E-state index in [1.807, 2.05) is 23.1 Å². The Bertz CT molecular complexity index is 763. The summed E-state index contributed by atoms with van der Waals surface area (Å²) in [5.41, 5.74) is 1.76. The third-order valence-corrected chi connectivity index (χ3v) is 5.41. The van der Waals surface area contributed by atoms with Crippen LogP contribution in [0.4, 0.5) is 4.39 Å². The first kappa shape index (κ1) is 19.4. The molecule has 5 nitrogen and oxygen atoms in total. The fraction of sp³-hybridized carbons (Fsp3) is 0.350. The second kappa shape index (κ2) is 9.50. The SMILES string of the molecule is O=C(CSCc1ccccn1)N1CCN(C(=O)Cc2ccc(F)cc2)CC1. The molecule has 1 aliphatic heterocycles. The number of carbonyl (C=O) groups excluding carboxylic acids is 2. The summed E-state index contributed by atoms with van der Waals surface area (Å²) < 4.78 is 12.9. The Labute approximate surface area is 162 Å². The van der Waals surface area contributed by atoms with Gasteiger partial charge in [-0.25, -0.2) is 4.39 Å². The number of hydrogen-bond acceptors (Lipinski definition) is 4. The van der Waals surface area contributed by atoms with Gasteiger partial charge in [-0.15, -0.1) is 11.8 Å². The maximum absolute atomic E-state index is 12.9. The second-order valence-corrected chi connectivity index (χ2v) is 7.36. The second-order valence-electron chi connectivity index (χ2n) is 6.38. The zero-order chi connectivity index (χ0) is 19.1. The number of nitrogens with zero attached hydrogens (tertiary/aromatic N) is 3. The van der Waals surface area contributed by atoms with Crippen molar-refractivity contribution in [3.8, 4) is 0 Å². The summed E-state index contributed by atoms with van der Waals surface area (Å²) in [6.45, 7) is 2.18. The molecular formula is C20H22FN3O2S. The van der Waals surface area contributed by atoms with E-state index in [1.165, 1.54) is 12.1 Å². The molecule has 0 unspecified atom stereocenters. The van der Waals surface area contributed by atoms with Crippen molar-refractivity contribution < 1.29 is 14.0 Å². The molecule has 1 aromatic carbocycles. The van der Waals surface area contributed by atoms with Gasteiger partial charge in [-0.1, -0.05) is 18.2 Å². The minimum Gasteiger partial charge on any atom is -0.339 e. The van der Waals surface area contributed by atoms with Crippen LogP contribution < -0.4 is 0 Å². The number of halogens is 1. The molecule has 1 saturated heterocycles. The first-order chi connectivity index (χ1) is 13.1. The van der Waals surface area contributed by atoms with Gasteiger partial charge in [0.05, 0.1) is 17.9 Å². The van der Waals surface area contributed by atoms with Crippen molar-refractivity contribution in [3.05, 3.63) is 65.7 Å². The number of hydrogen-bond donors (Lipinski definition) is 0. The van der Waals surface area contributed by atoms with Crippen LogP contribution in [0.3, 0.4) is 0 Å². The van der Waals surface area contributed by atoms with E-state index in [-0.39, 0.29) is 24.1 Å². The van der Waals surface area contributed by atoms with Crippen LogP contribution in [-0.4, -0.2) is 58.5 Å². The van der Waals surface area contributed by atoms with Crippen LogP contribution in [0.2, 0.25) is 0 Å². The minimum atomic E-state index is -0.306. The zero-order valence-electron chi connectivity index (χ0n) is 15.0. The van der Waals surface area contributed by atoms with E-state index in [1.54, 1.807) is 35.0 Å². The molecule has 0 aliphatic carbocycles. The Morgan fingerprint density at radius 3 is 2.26 bits per heavy atom. The molecule has 2 heterocycles. The van der Waals surface area contributed by atoms with Gasteiger partial charge in [0.15, 0.2) is 0 Å². The summed E-state index contributed by atoms with van der Waals surface area (Å²) in [6.07, 6.45) is 2.01. The van der Waals surface area contributed by atoms with Gasteiger partial charge in [-0.3, -0.25) is 14.6 Å². The molecule has 7 heteroatoms. The molecule has 3 rings (SSSR count). The maximum Gasteiger partial charge on any atom is 0.232 e. The van der Waals surface area contributed by atoms with Crippen LogP contribution in [0.1, 0.15) is 11.3 Å². The normalized spacial score (nSPS) is 14.3. The Morgan fingerprint density at radius 2 is 1.63 bits per heavy atom. The van der Waals surface area contributed by atoms with E-state index < -0.39 is 0 Å². The Kier molecular flexibility index (Phi) is 6.81. The molecule has 0 bridgehead atoms. The van der Waals surface area contributed by atoms with E-state index in [9.17, 15) is 14.0 Å². The molecule has 0 saturated carbocycles. The number of thioether (sulfide) groups is 1. The number of aromatic nitrogens is 1. The largest absolute Gasteiger partial charge is 0.339 e. The van der Waals surface area contributed by atoms with Crippen LogP contribution in [-0.2, 0) is 21.8 Å². The molecule has 2 amide bonds. The van der Waals surface area contributed by atoms with Crippen LogP contribution in [0.15, 0.2) is 48.7 Å². The lowest BCUT2D eigenvalue weighted by atomic mass is 10.1. The highest BCUT2D eigenvalue weighted by Crippen LogP contribution is 2.13. The molecule has 1 aliphatic rings. The van der Waals surface area contributed by atoms with E-state index in [0.717, 1.165) is 11.3 Å². The van der Waals surface area contributed by atoms with Gasteiger partial charge in [0.25, 0.3) is 0 Å². The van der Waals surface area contributed by atoms with Crippen LogP contribution in [0.25, 0.3) is 0 Å². The lowest BCUT2D eigenvalue weighted by Gasteiger charge is -2.34. The van der Waals surface area contributed by atoms with Gasteiger partial charge in [-0.2, -0.15) is 0 Å². The average Bonchev–Trinajstić information content (AvgIpc) is 2.70. The molecule has 0 radical (unpaired) electrons. The van der Waals surface area contributed by atoms with Crippen molar-refractivity contribution >= 4 is 23.6 Å². The lowest BCUT2D eigenvalue weighted by Crippen LogP contribution is -2.51. The summed E-state index contributed by atoms with van der Waals surface area (Å²) in [7, 11) is 0. The van der Waals surface area contributed by atoms with E-state index in [2.05, 4.69) is 4.98 Å². The fourth-order valence-corrected chi connectivity index (χ4v) is 3.75. The molecule has 2 aromatic rings. The van der Waals surface area contributed by atoms with E-state index in [4.69, 9.17) is 0 Å². The fourth-order valence-electron chi connectivity index (χ4n) is 2.91. The smallest absolute Gasteiger partial charge is 0.232 e. The number of amides is 2.